The molecule has 3 aromatic rings. The first-order valence-corrected chi connectivity index (χ1v) is 13.5. The number of aliphatic hydroxyl groups is 1. The number of piperidine rings is 1. The Morgan fingerprint density at radius 2 is 2.00 bits per heavy atom. The molecule has 8 heteroatoms. The van der Waals surface area contributed by atoms with E-state index in [0.717, 1.165) is 43.8 Å². The van der Waals surface area contributed by atoms with Crippen molar-refractivity contribution in [1.82, 2.24) is 24.5 Å². The van der Waals surface area contributed by atoms with E-state index in [1.165, 1.54) is 29.5 Å². The van der Waals surface area contributed by atoms with Gasteiger partial charge in [0.2, 0.25) is 0 Å². The number of ether oxygens (including phenoxy) is 1. The van der Waals surface area contributed by atoms with E-state index in [1.54, 1.807) is 12.0 Å². The lowest BCUT2D eigenvalue weighted by Crippen LogP contribution is -2.65. The number of methoxy groups -OCH3 is 1. The summed E-state index contributed by atoms with van der Waals surface area (Å²) in [4.78, 5) is 22.6. The third kappa shape index (κ3) is 4.56. The number of likely N-dealkylation sites (tertiary alicyclic amines) is 2. The lowest BCUT2D eigenvalue weighted by Gasteiger charge is -2.48. The molecule has 2 N–H and O–H groups in total. The Morgan fingerprint density at radius 1 is 1.22 bits per heavy atom. The van der Waals surface area contributed by atoms with Crippen LogP contribution in [0.4, 0.5) is 0 Å². The zero-order chi connectivity index (χ0) is 25.6. The van der Waals surface area contributed by atoms with Gasteiger partial charge >= 0.3 is 0 Å². The predicted octanol–water partition coefficient (Wildman–Crippen LogP) is 2.93. The summed E-state index contributed by atoms with van der Waals surface area (Å²) in [7, 11) is 1.70. The number of nitrogens with zero attached hydrogens (tertiary/aromatic N) is 4. The highest BCUT2D eigenvalue weighted by molar-refractivity contribution is 5.93. The number of imidazole rings is 1. The van der Waals surface area contributed by atoms with Crippen molar-refractivity contribution in [2.24, 2.45) is 0 Å². The largest absolute Gasteiger partial charge is 0.389 e. The number of benzene rings is 1. The highest BCUT2D eigenvalue weighted by Crippen LogP contribution is 2.33. The number of aromatic nitrogens is 2. The number of carbonyl (C=O) groups excluding carboxylic acids is 1. The molecule has 1 aromatic carbocycles. The molecule has 3 aliphatic heterocycles. The van der Waals surface area contributed by atoms with Crippen LogP contribution in [-0.4, -0.2) is 75.1 Å². The summed E-state index contributed by atoms with van der Waals surface area (Å²) < 4.78 is 7.63. The number of carbonyl (C=O) groups is 1. The minimum absolute atomic E-state index is 0.133. The maximum absolute atomic E-state index is 13.6. The quantitative estimate of drug-likeness (QED) is 0.557. The van der Waals surface area contributed by atoms with E-state index in [0.29, 0.717) is 25.2 Å². The molecule has 196 valence electrons. The fourth-order valence-electron chi connectivity index (χ4n) is 6.31. The monoisotopic (exact) mass is 503 g/mol. The second-order valence-electron chi connectivity index (χ2n) is 11.0. The Balaban J connectivity index is 1.23. The molecule has 3 aliphatic rings. The Kier molecular flexibility index (Phi) is 6.52. The Labute approximate surface area is 218 Å². The third-order valence-electron chi connectivity index (χ3n) is 8.65. The van der Waals surface area contributed by atoms with Crippen LogP contribution in [0.2, 0.25) is 0 Å². The molecular formula is C29H37N5O3. The Morgan fingerprint density at radius 3 is 2.76 bits per heavy atom. The molecule has 5 heterocycles. The predicted molar refractivity (Wildman–Crippen MR) is 141 cm³/mol. The lowest BCUT2D eigenvalue weighted by molar-refractivity contribution is -0.0140. The van der Waals surface area contributed by atoms with Crippen LogP contribution >= 0.6 is 0 Å². The first kappa shape index (κ1) is 24.6. The van der Waals surface area contributed by atoms with Crippen LogP contribution in [0.5, 0.6) is 0 Å². The Hall–Kier alpha value is -2.78. The van der Waals surface area contributed by atoms with Crippen molar-refractivity contribution in [2.75, 3.05) is 33.3 Å². The van der Waals surface area contributed by atoms with Crippen LogP contribution in [-0.2, 0) is 24.2 Å². The molecule has 2 saturated heterocycles. The summed E-state index contributed by atoms with van der Waals surface area (Å²) in [6.07, 6.45) is 7.12. The van der Waals surface area contributed by atoms with Crippen LogP contribution in [0.25, 0.3) is 5.65 Å². The summed E-state index contributed by atoms with van der Waals surface area (Å²) in [5.74, 6) is -0.133. The van der Waals surface area contributed by atoms with Crippen molar-refractivity contribution in [3.8, 4) is 0 Å². The molecule has 8 nitrogen and oxygen atoms in total. The molecule has 3 atom stereocenters. The molecule has 6 rings (SSSR count). The van der Waals surface area contributed by atoms with Gasteiger partial charge in [-0.1, -0.05) is 24.3 Å². The molecule has 1 spiro atoms. The zero-order valence-corrected chi connectivity index (χ0v) is 21.8. The van der Waals surface area contributed by atoms with Gasteiger partial charge in [-0.05, 0) is 68.5 Å². The molecule has 0 bridgehead atoms. The molecule has 1 amide bonds. The molecule has 0 radical (unpaired) electrons. The fraction of sp³-hybridized carbons (Fsp3) is 0.517. The smallest absolute Gasteiger partial charge is 0.274 e. The van der Waals surface area contributed by atoms with E-state index in [9.17, 15) is 9.90 Å². The molecule has 2 fully saturated rings. The highest BCUT2D eigenvalue weighted by atomic mass is 16.5. The van der Waals surface area contributed by atoms with Gasteiger partial charge in [0.05, 0.1) is 17.7 Å². The number of fused-ring (bicyclic) bond motifs is 2. The van der Waals surface area contributed by atoms with Crippen molar-refractivity contribution in [3.63, 3.8) is 0 Å². The number of amides is 1. The highest BCUT2D eigenvalue weighted by Gasteiger charge is 2.45. The lowest BCUT2D eigenvalue weighted by atomic mass is 9.76. The standard InChI is InChI=1S/C29H37N5O3/c1-20(37-2)24-13-21(16-32-10-5-6-11-32)17-34-18-25(31-27(24)34)28(36)33-12-9-29(26(35)19-33)14-22-7-3-4-8-23(22)15-30-29/h3-4,7-8,13,17-18,20,26,30,35H,5-6,9-12,14-16,19H2,1-2H3/t20-,26-,29+/m1/s1. The first-order chi connectivity index (χ1) is 18.0. The van der Waals surface area contributed by atoms with Crippen LogP contribution in [0.15, 0.2) is 42.7 Å². The summed E-state index contributed by atoms with van der Waals surface area (Å²) in [6, 6.07) is 10.6. The minimum atomic E-state index is -0.647. The van der Waals surface area contributed by atoms with E-state index in [-0.39, 0.29) is 12.0 Å². The average molecular weight is 504 g/mol. The van der Waals surface area contributed by atoms with E-state index in [2.05, 4.69) is 46.7 Å². The number of hydrogen-bond donors (Lipinski definition) is 2. The van der Waals surface area contributed by atoms with Crippen LogP contribution in [0.3, 0.4) is 0 Å². The number of pyridine rings is 1. The number of hydrogen-bond acceptors (Lipinski definition) is 6. The van der Waals surface area contributed by atoms with Crippen LogP contribution in [0, 0.1) is 0 Å². The second kappa shape index (κ2) is 9.83. The molecule has 2 aromatic heterocycles. The van der Waals surface area contributed by atoms with Gasteiger partial charge in [-0.15, -0.1) is 0 Å². The van der Waals surface area contributed by atoms with Gasteiger partial charge in [0, 0.05) is 51.2 Å². The van der Waals surface area contributed by atoms with Gasteiger partial charge < -0.3 is 24.5 Å². The number of aliphatic hydroxyl groups excluding tert-OH is 1. The molecule has 0 saturated carbocycles. The van der Waals surface area contributed by atoms with E-state index >= 15 is 0 Å². The zero-order valence-electron chi connectivity index (χ0n) is 21.8. The van der Waals surface area contributed by atoms with E-state index < -0.39 is 11.6 Å². The van der Waals surface area contributed by atoms with Gasteiger partial charge in [0.25, 0.3) is 5.91 Å². The maximum atomic E-state index is 13.6. The second-order valence-corrected chi connectivity index (χ2v) is 11.0. The van der Waals surface area contributed by atoms with Crippen molar-refractivity contribution >= 4 is 11.6 Å². The first-order valence-electron chi connectivity index (χ1n) is 13.5. The van der Waals surface area contributed by atoms with Crippen LogP contribution in [0.1, 0.15) is 65.0 Å². The van der Waals surface area contributed by atoms with Gasteiger partial charge in [-0.25, -0.2) is 4.98 Å². The third-order valence-corrected chi connectivity index (χ3v) is 8.65. The van der Waals surface area contributed by atoms with Gasteiger partial charge in [0.1, 0.15) is 11.3 Å². The fourth-order valence-corrected chi connectivity index (χ4v) is 6.31. The van der Waals surface area contributed by atoms with E-state index in [4.69, 9.17) is 9.72 Å². The number of nitrogens with one attached hydrogen (secondary N) is 1. The van der Waals surface area contributed by atoms with Crippen LogP contribution < -0.4 is 5.32 Å². The summed E-state index contributed by atoms with van der Waals surface area (Å²) >= 11 is 0. The summed E-state index contributed by atoms with van der Waals surface area (Å²) in [5.41, 5.74) is 5.52. The molecule has 0 aliphatic carbocycles. The van der Waals surface area contributed by atoms with Crippen molar-refractivity contribution in [3.05, 3.63) is 70.7 Å². The molecule has 37 heavy (non-hydrogen) atoms. The average Bonchev–Trinajstić information content (AvgIpc) is 3.59. The van der Waals surface area contributed by atoms with Crippen molar-refractivity contribution in [2.45, 2.75) is 63.4 Å². The van der Waals surface area contributed by atoms with E-state index in [1.807, 2.05) is 17.5 Å². The van der Waals surface area contributed by atoms with Gasteiger partial charge in [-0.2, -0.15) is 0 Å². The number of β-amino-alcohol motifs (C(OH)–C–C–N with tert-alkyl or cyclic N) is 1. The van der Waals surface area contributed by atoms with Crippen molar-refractivity contribution < 1.29 is 14.6 Å². The van der Waals surface area contributed by atoms with Gasteiger partial charge in [0.15, 0.2) is 0 Å². The minimum Gasteiger partial charge on any atom is -0.389 e. The van der Waals surface area contributed by atoms with Gasteiger partial charge in [-0.3, -0.25) is 9.69 Å². The number of rotatable bonds is 5. The summed E-state index contributed by atoms with van der Waals surface area (Å²) in [6.45, 7) is 6.77. The topological polar surface area (TPSA) is 82.3 Å². The maximum Gasteiger partial charge on any atom is 0.274 e. The normalized spacial score (nSPS) is 25.1. The summed E-state index contributed by atoms with van der Waals surface area (Å²) in [5, 5.41) is 14.8. The molecular weight excluding hydrogens is 466 g/mol. The SMILES string of the molecule is CO[C@H](C)c1cc(CN2CCCC2)cn2cc(C(=O)N3CC[C@]4(Cc5ccccc5CN4)[C@H](O)C3)nc12. The Bertz CT molecular complexity index is 1300. The molecule has 0 unspecified atom stereocenters. The van der Waals surface area contributed by atoms with Crippen molar-refractivity contribution in [1.29, 1.82) is 0 Å².